The van der Waals surface area contributed by atoms with Gasteiger partial charge in [-0.05, 0) is 0 Å². The average Bonchev–Trinajstić information content (AvgIpc) is 1.65. The second-order valence-electron chi connectivity index (χ2n) is 0.912. The molecule has 0 heterocycles. The molecule has 0 saturated heterocycles. The van der Waals surface area contributed by atoms with E-state index in [9.17, 15) is 0 Å². The van der Waals surface area contributed by atoms with Gasteiger partial charge in [0.1, 0.15) is 0 Å². The number of nitrogens with zero attached hydrogens (tertiary/aromatic N) is 1. The molecule has 0 aliphatic carbocycles. The zero-order valence-electron chi connectivity index (χ0n) is 3.76. The Morgan fingerprint density at radius 3 is 2.43 bits per heavy atom. The number of nitrogens with one attached hydrogen (secondary N) is 1. The van der Waals surface area contributed by atoms with Crippen LogP contribution < -0.4 is 5.73 Å². The van der Waals surface area contributed by atoms with E-state index < -0.39 is 5.96 Å². The second-order valence-corrected chi connectivity index (χ2v) is 0.912. The van der Waals surface area contributed by atoms with Crippen LogP contribution in [0.1, 0.15) is 0 Å². The quantitative estimate of drug-likeness (QED) is 0.241. The van der Waals surface area contributed by atoms with Crippen LogP contribution in [0, 0.1) is 5.41 Å². The molecule has 0 saturated carbocycles. The van der Waals surface area contributed by atoms with E-state index in [0.29, 0.717) is 5.06 Å². The van der Waals surface area contributed by atoms with Crippen LogP contribution >= 0.6 is 0 Å². The second kappa shape index (κ2) is 2.20. The van der Waals surface area contributed by atoms with Gasteiger partial charge in [0.25, 0.3) is 0 Å². The Morgan fingerprint density at radius 1 is 2.00 bits per heavy atom. The van der Waals surface area contributed by atoms with Gasteiger partial charge < -0.3 is 5.73 Å². The van der Waals surface area contributed by atoms with Crippen molar-refractivity contribution in [2.24, 2.45) is 5.73 Å². The van der Waals surface area contributed by atoms with Crippen molar-refractivity contribution in [2.75, 3.05) is 0 Å². The molecule has 0 amide bonds. The van der Waals surface area contributed by atoms with Crippen LogP contribution in [-0.4, -0.2) is 16.2 Å². The van der Waals surface area contributed by atoms with Gasteiger partial charge in [0, 0.05) is 6.20 Å². The van der Waals surface area contributed by atoms with E-state index in [1.54, 1.807) is 0 Å². The maximum absolute atomic E-state index is 8.30. The van der Waals surface area contributed by atoms with Gasteiger partial charge in [-0.15, -0.1) is 0 Å². The summed E-state index contributed by atoms with van der Waals surface area (Å²) in [6.07, 6.45) is 1.03. The van der Waals surface area contributed by atoms with Crippen LogP contribution in [0.25, 0.3) is 0 Å². The Balaban J connectivity index is 3.55. The Morgan fingerprint density at radius 2 is 2.43 bits per heavy atom. The first-order valence-electron chi connectivity index (χ1n) is 1.63. The summed E-state index contributed by atoms with van der Waals surface area (Å²) in [6, 6.07) is 0. The minimum atomic E-state index is -0.435. The number of rotatable bonds is 1. The Labute approximate surface area is 41.3 Å². The molecule has 0 unspecified atom stereocenters. The maximum Gasteiger partial charge on any atom is 0.217 e. The highest BCUT2D eigenvalue weighted by Gasteiger charge is 1.89. The third-order valence-corrected chi connectivity index (χ3v) is 0.420. The third kappa shape index (κ3) is 1.77. The van der Waals surface area contributed by atoms with E-state index in [1.807, 2.05) is 0 Å². The van der Waals surface area contributed by atoms with Crippen molar-refractivity contribution in [1.29, 1.82) is 5.41 Å². The zero-order chi connectivity index (χ0) is 5.86. The van der Waals surface area contributed by atoms with Gasteiger partial charge in [-0.25, -0.2) is 5.06 Å². The van der Waals surface area contributed by atoms with Crippen LogP contribution in [0.4, 0.5) is 0 Å². The van der Waals surface area contributed by atoms with Gasteiger partial charge >= 0.3 is 0 Å². The zero-order valence-corrected chi connectivity index (χ0v) is 3.76. The summed E-state index contributed by atoms with van der Waals surface area (Å²) < 4.78 is 0. The van der Waals surface area contributed by atoms with Gasteiger partial charge in [0.2, 0.25) is 5.96 Å². The molecular weight excluding hydrogens is 94.1 g/mol. The van der Waals surface area contributed by atoms with E-state index >= 15 is 0 Å². The lowest BCUT2D eigenvalue weighted by Gasteiger charge is -2.04. The van der Waals surface area contributed by atoms with Crippen molar-refractivity contribution in [2.45, 2.75) is 0 Å². The van der Waals surface area contributed by atoms with E-state index in [-0.39, 0.29) is 0 Å². The number of hydroxylamine groups is 2. The molecule has 0 aromatic heterocycles. The molecule has 4 N–H and O–H groups in total. The van der Waals surface area contributed by atoms with Crippen molar-refractivity contribution < 1.29 is 5.21 Å². The van der Waals surface area contributed by atoms with E-state index in [2.05, 4.69) is 6.58 Å². The molecule has 0 atom stereocenters. The van der Waals surface area contributed by atoms with Crippen LogP contribution in [0.2, 0.25) is 0 Å². The van der Waals surface area contributed by atoms with Crippen LogP contribution in [0.15, 0.2) is 12.8 Å². The normalized spacial score (nSPS) is 7.57. The maximum atomic E-state index is 8.30. The fourth-order valence-electron chi connectivity index (χ4n) is 0.0983. The van der Waals surface area contributed by atoms with Gasteiger partial charge in [-0.1, -0.05) is 6.58 Å². The topological polar surface area (TPSA) is 73.3 Å². The summed E-state index contributed by atoms with van der Waals surface area (Å²) in [5.41, 5.74) is 4.73. The molecule has 4 nitrogen and oxygen atoms in total. The highest BCUT2D eigenvalue weighted by Crippen LogP contribution is 1.73. The minimum Gasteiger partial charge on any atom is -0.368 e. The lowest BCUT2D eigenvalue weighted by molar-refractivity contribution is 0.0355. The van der Waals surface area contributed by atoms with E-state index in [4.69, 9.17) is 16.4 Å². The largest absolute Gasteiger partial charge is 0.368 e. The molecule has 0 aliphatic heterocycles. The third-order valence-electron chi connectivity index (χ3n) is 0.420. The van der Waals surface area contributed by atoms with Crippen molar-refractivity contribution >= 4 is 5.96 Å². The minimum absolute atomic E-state index is 0.417. The lowest BCUT2D eigenvalue weighted by Crippen LogP contribution is -2.28. The molecule has 40 valence electrons. The smallest absolute Gasteiger partial charge is 0.217 e. The first-order chi connectivity index (χ1) is 3.18. The summed E-state index contributed by atoms with van der Waals surface area (Å²) in [6.45, 7) is 3.14. The molecule has 0 fully saturated rings. The van der Waals surface area contributed by atoms with E-state index in [0.717, 1.165) is 6.20 Å². The van der Waals surface area contributed by atoms with E-state index in [1.165, 1.54) is 0 Å². The number of hydrogen-bond acceptors (Lipinski definition) is 2. The molecule has 0 radical (unpaired) electrons. The first kappa shape index (κ1) is 5.97. The molecule has 7 heavy (non-hydrogen) atoms. The van der Waals surface area contributed by atoms with Gasteiger partial charge in [-0.2, -0.15) is 0 Å². The lowest BCUT2D eigenvalue weighted by atomic mass is 10.9. The summed E-state index contributed by atoms with van der Waals surface area (Å²) in [5, 5.41) is 15.2. The van der Waals surface area contributed by atoms with Crippen molar-refractivity contribution in [3.63, 3.8) is 0 Å². The SMILES string of the molecule is C=CN(O)C(=N)N. The molecule has 0 spiro atoms. The fraction of sp³-hybridized carbons (Fsp3) is 0. The Hall–Kier alpha value is -1.03. The van der Waals surface area contributed by atoms with Crippen molar-refractivity contribution in [1.82, 2.24) is 5.06 Å². The summed E-state index contributed by atoms with van der Waals surface area (Å²) in [7, 11) is 0. The molecule has 0 aliphatic rings. The number of guanidine groups is 1. The molecular formula is C3H7N3O. The molecule has 4 heteroatoms. The summed E-state index contributed by atoms with van der Waals surface area (Å²) in [4.78, 5) is 0. The Bertz CT molecular complexity index is 90.2. The number of nitrogens with two attached hydrogens (primary N) is 1. The predicted octanol–water partition coefficient (Wildman–Crippen LogP) is -0.285. The molecule has 0 aromatic carbocycles. The van der Waals surface area contributed by atoms with Gasteiger partial charge in [0.05, 0.1) is 0 Å². The van der Waals surface area contributed by atoms with Crippen molar-refractivity contribution in [3.8, 4) is 0 Å². The van der Waals surface area contributed by atoms with Gasteiger partial charge in [-0.3, -0.25) is 10.6 Å². The average molecular weight is 101 g/mol. The predicted molar refractivity (Wildman–Crippen MR) is 25.7 cm³/mol. The number of hydrogen-bond donors (Lipinski definition) is 3. The molecule has 0 bridgehead atoms. The molecule has 0 aromatic rings. The fourth-order valence-corrected chi connectivity index (χ4v) is 0.0983. The van der Waals surface area contributed by atoms with Crippen LogP contribution in [0.3, 0.4) is 0 Å². The van der Waals surface area contributed by atoms with Crippen LogP contribution in [0.5, 0.6) is 0 Å². The first-order valence-corrected chi connectivity index (χ1v) is 1.63. The summed E-state index contributed by atoms with van der Waals surface area (Å²) in [5.74, 6) is -0.435. The highest BCUT2D eigenvalue weighted by molar-refractivity contribution is 5.74. The van der Waals surface area contributed by atoms with Crippen LogP contribution in [-0.2, 0) is 0 Å². The van der Waals surface area contributed by atoms with Crippen molar-refractivity contribution in [3.05, 3.63) is 12.8 Å². The Kier molecular flexibility index (Phi) is 1.87. The summed E-state index contributed by atoms with van der Waals surface area (Å²) >= 11 is 0. The standard InChI is InChI=1S/C3H7N3O/c1-2-6(7)3(4)5/h2,7H,1H2,(H3,4,5). The monoisotopic (exact) mass is 101 g/mol. The highest BCUT2D eigenvalue weighted by atomic mass is 16.5. The molecule has 0 rings (SSSR count). The van der Waals surface area contributed by atoms with Gasteiger partial charge in [0.15, 0.2) is 0 Å².